The van der Waals surface area contributed by atoms with Crippen LogP contribution in [0.1, 0.15) is 21.9 Å². The van der Waals surface area contributed by atoms with Crippen molar-refractivity contribution in [1.82, 2.24) is 0 Å². The zero-order valence-corrected chi connectivity index (χ0v) is 11.2. The molecule has 1 aromatic heterocycles. The maximum Gasteiger partial charge on any atom is 0.229 e. The lowest BCUT2D eigenvalue weighted by Gasteiger charge is -2.02. The van der Waals surface area contributed by atoms with Crippen molar-refractivity contribution in [3.05, 3.63) is 57.7 Å². The summed E-state index contributed by atoms with van der Waals surface area (Å²) < 4.78 is 23.7. The van der Waals surface area contributed by atoms with Gasteiger partial charge in [-0.3, -0.25) is 4.79 Å². The molecule has 0 aliphatic rings. The minimum Gasteiger partial charge on any atom is -0.455 e. The van der Waals surface area contributed by atoms with Crippen LogP contribution < -0.4 is 0 Å². The molecule has 18 heavy (non-hydrogen) atoms. The lowest BCUT2D eigenvalue weighted by Crippen LogP contribution is -2.02. The second kappa shape index (κ2) is 5.46. The highest BCUT2D eigenvalue weighted by molar-refractivity contribution is 9.10. The number of carbonyl (C=O) groups excluding carboxylic acids is 1. The van der Waals surface area contributed by atoms with Crippen LogP contribution in [0.5, 0.6) is 0 Å². The number of benzene rings is 1. The summed E-state index contributed by atoms with van der Waals surface area (Å²) in [4.78, 5) is 12.1. The topological polar surface area (TPSA) is 39.4 Å². The van der Waals surface area contributed by atoms with Crippen LogP contribution in [0.15, 0.2) is 39.2 Å². The van der Waals surface area contributed by atoms with Crippen molar-refractivity contribution in [2.75, 3.05) is 7.11 Å². The first kappa shape index (κ1) is 13.0. The van der Waals surface area contributed by atoms with Gasteiger partial charge in [0.2, 0.25) is 5.78 Å². The number of methoxy groups -OCH3 is 1. The SMILES string of the molecule is COCc1ccc(C(=O)c2cccc(F)c2Br)o1. The third-order valence-electron chi connectivity index (χ3n) is 2.37. The number of hydrogen-bond donors (Lipinski definition) is 0. The van der Waals surface area contributed by atoms with Gasteiger partial charge >= 0.3 is 0 Å². The van der Waals surface area contributed by atoms with Gasteiger partial charge in [-0.1, -0.05) is 6.07 Å². The maximum atomic E-state index is 13.3. The van der Waals surface area contributed by atoms with Crippen LogP contribution in [0.2, 0.25) is 0 Å². The number of carbonyl (C=O) groups is 1. The summed E-state index contributed by atoms with van der Waals surface area (Å²) in [6.45, 7) is 0.289. The first-order valence-electron chi connectivity index (χ1n) is 5.20. The van der Waals surface area contributed by atoms with E-state index in [4.69, 9.17) is 9.15 Å². The highest BCUT2D eigenvalue weighted by Crippen LogP contribution is 2.24. The van der Waals surface area contributed by atoms with Crippen LogP contribution in [0, 0.1) is 5.82 Å². The van der Waals surface area contributed by atoms with Crippen LogP contribution in [-0.4, -0.2) is 12.9 Å². The summed E-state index contributed by atoms with van der Waals surface area (Å²) >= 11 is 3.05. The Hall–Kier alpha value is -1.46. The van der Waals surface area contributed by atoms with E-state index in [-0.39, 0.29) is 28.2 Å². The van der Waals surface area contributed by atoms with Gasteiger partial charge in [-0.15, -0.1) is 0 Å². The molecular formula is C13H10BrFO3. The van der Waals surface area contributed by atoms with E-state index in [1.54, 1.807) is 12.1 Å². The lowest BCUT2D eigenvalue weighted by atomic mass is 10.1. The van der Waals surface area contributed by atoms with Gasteiger partial charge in [0, 0.05) is 12.7 Å². The van der Waals surface area contributed by atoms with Crippen molar-refractivity contribution in [3.63, 3.8) is 0 Å². The van der Waals surface area contributed by atoms with Crippen molar-refractivity contribution in [2.24, 2.45) is 0 Å². The first-order valence-corrected chi connectivity index (χ1v) is 5.99. The van der Waals surface area contributed by atoms with E-state index < -0.39 is 5.82 Å². The molecule has 0 N–H and O–H groups in total. The highest BCUT2D eigenvalue weighted by atomic mass is 79.9. The van der Waals surface area contributed by atoms with E-state index in [0.29, 0.717) is 5.76 Å². The van der Waals surface area contributed by atoms with Gasteiger partial charge in [0.1, 0.15) is 18.2 Å². The molecule has 0 fully saturated rings. The Morgan fingerprint density at radius 3 is 2.89 bits per heavy atom. The third kappa shape index (κ3) is 2.52. The molecule has 0 saturated heterocycles. The normalized spacial score (nSPS) is 10.6. The third-order valence-corrected chi connectivity index (χ3v) is 3.17. The highest BCUT2D eigenvalue weighted by Gasteiger charge is 2.18. The fraction of sp³-hybridized carbons (Fsp3) is 0.154. The molecule has 1 heterocycles. The average molecular weight is 313 g/mol. The van der Waals surface area contributed by atoms with Crippen molar-refractivity contribution < 1.29 is 18.3 Å². The van der Waals surface area contributed by atoms with Gasteiger partial charge in [-0.05, 0) is 40.2 Å². The van der Waals surface area contributed by atoms with E-state index in [1.165, 1.54) is 25.3 Å². The smallest absolute Gasteiger partial charge is 0.229 e. The molecule has 0 unspecified atom stereocenters. The monoisotopic (exact) mass is 312 g/mol. The van der Waals surface area contributed by atoms with E-state index >= 15 is 0 Å². The molecule has 0 aliphatic carbocycles. The minimum atomic E-state index is -0.482. The number of hydrogen-bond acceptors (Lipinski definition) is 3. The molecule has 0 radical (unpaired) electrons. The van der Waals surface area contributed by atoms with Crippen LogP contribution >= 0.6 is 15.9 Å². The van der Waals surface area contributed by atoms with Crippen molar-refractivity contribution in [1.29, 1.82) is 0 Å². The van der Waals surface area contributed by atoms with Crippen molar-refractivity contribution in [2.45, 2.75) is 6.61 Å². The number of halogens is 2. The van der Waals surface area contributed by atoms with Crippen LogP contribution in [0.4, 0.5) is 4.39 Å². The van der Waals surface area contributed by atoms with Crippen molar-refractivity contribution in [3.8, 4) is 0 Å². The van der Waals surface area contributed by atoms with Gasteiger partial charge < -0.3 is 9.15 Å². The van der Waals surface area contributed by atoms with Gasteiger partial charge in [-0.25, -0.2) is 4.39 Å². The molecule has 5 heteroatoms. The van der Waals surface area contributed by atoms with Crippen LogP contribution in [-0.2, 0) is 11.3 Å². The van der Waals surface area contributed by atoms with Gasteiger partial charge in [-0.2, -0.15) is 0 Å². The molecule has 0 bridgehead atoms. The predicted octanol–water partition coefficient (Wildman–Crippen LogP) is 3.56. The summed E-state index contributed by atoms with van der Waals surface area (Å²) in [5, 5.41) is 0. The zero-order valence-electron chi connectivity index (χ0n) is 9.57. The molecule has 0 spiro atoms. The molecule has 3 nitrogen and oxygen atoms in total. The Morgan fingerprint density at radius 2 is 2.17 bits per heavy atom. The summed E-state index contributed by atoms with van der Waals surface area (Å²) in [6.07, 6.45) is 0. The summed E-state index contributed by atoms with van der Waals surface area (Å²) in [5.41, 5.74) is 0.230. The molecular weight excluding hydrogens is 303 g/mol. The molecule has 94 valence electrons. The summed E-state index contributed by atoms with van der Waals surface area (Å²) in [5.74, 6) is -0.144. The molecule has 2 rings (SSSR count). The van der Waals surface area contributed by atoms with Gasteiger partial charge in [0.25, 0.3) is 0 Å². The maximum absolute atomic E-state index is 13.3. The molecule has 1 aromatic carbocycles. The number of ketones is 1. The Balaban J connectivity index is 2.32. The number of rotatable bonds is 4. The van der Waals surface area contributed by atoms with Crippen molar-refractivity contribution >= 4 is 21.7 Å². The van der Waals surface area contributed by atoms with Crippen LogP contribution in [0.3, 0.4) is 0 Å². The fourth-order valence-corrected chi connectivity index (χ4v) is 1.98. The molecule has 0 atom stereocenters. The Kier molecular flexibility index (Phi) is 3.93. The standard InChI is InChI=1S/C13H10BrFO3/c1-17-7-8-5-6-11(18-8)13(16)9-3-2-4-10(15)12(9)14/h2-6H,7H2,1H3. The lowest BCUT2D eigenvalue weighted by molar-refractivity contribution is 0.0998. The number of furan rings is 1. The molecule has 0 saturated carbocycles. The van der Waals surface area contributed by atoms with E-state index in [0.717, 1.165) is 0 Å². The predicted molar refractivity (Wildman–Crippen MR) is 67.0 cm³/mol. The van der Waals surface area contributed by atoms with E-state index in [9.17, 15) is 9.18 Å². The molecule has 2 aromatic rings. The Labute approximate surface area is 112 Å². The quantitative estimate of drug-likeness (QED) is 0.810. The molecule has 0 amide bonds. The average Bonchev–Trinajstić information content (AvgIpc) is 2.81. The fourth-order valence-electron chi connectivity index (χ4n) is 1.53. The van der Waals surface area contributed by atoms with Gasteiger partial charge in [0.05, 0.1) is 4.47 Å². The van der Waals surface area contributed by atoms with Crippen LogP contribution in [0.25, 0.3) is 0 Å². The van der Waals surface area contributed by atoms with E-state index in [2.05, 4.69) is 15.9 Å². The number of ether oxygens (including phenoxy) is 1. The second-order valence-electron chi connectivity index (χ2n) is 3.63. The van der Waals surface area contributed by atoms with Gasteiger partial charge in [0.15, 0.2) is 5.76 Å². The Bertz CT molecular complexity index is 577. The largest absolute Gasteiger partial charge is 0.455 e. The minimum absolute atomic E-state index is 0.139. The Morgan fingerprint density at radius 1 is 1.39 bits per heavy atom. The zero-order chi connectivity index (χ0) is 13.1. The van der Waals surface area contributed by atoms with E-state index in [1.807, 2.05) is 0 Å². The molecule has 0 aliphatic heterocycles. The summed E-state index contributed by atoms with van der Waals surface area (Å²) in [6, 6.07) is 7.50. The summed E-state index contributed by atoms with van der Waals surface area (Å²) in [7, 11) is 1.53. The second-order valence-corrected chi connectivity index (χ2v) is 4.42. The first-order chi connectivity index (χ1) is 8.63.